The molecule has 0 atom stereocenters. The van der Waals surface area contributed by atoms with Gasteiger partial charge in [-0.25, -0.2) is 0 Å². The summed E-state index contributed by atoms with van der Waals surface area (Å²) in [6, 6.07) is 2.86. The molecule has 1 saturated carbocycles. The molecule has 7 nitrogen and oxygen atoms in total. The first kappa shape index (κ1) is 15.5. The highest BCUT2D eigenvalue weighted by molar-refractivity contribution is 5.56. The summed E-state index contributed by atoms with van der Waals surface area (Å²) in [5.74, 6) is 0.558. The molecular weight excluding hydrogens is 274 g/mol. The summed E-state index contributed by atoms with van der Waals surface area (Å²) in [6.45, 7) is 0.998. The first-order chi connectivity index (χ1) is 10.2. The third-order valence-corrected chi connectivity index (χ3v) is 3.55. The lowest BCUT2D eigenvalue weighted by molar-refractivity contribution is -0.384. The van der Waals surface area contributed by atoms with Crippen LogP contribution in [0.1, 0.15) is 32.1 Å². The van der Waals surface area contributed by atoms with E-state index in [1.165, 1.54) is 38.5 Å². The Balaban J connectivity index is 1.84. The van der Waals surface area contributed by atoms with E-state index < -0.39 is 4.92 Å². The second kappa shape index (κ2) is 7.78. The molecule has 1 N–H and O–H groups in total. The van der Waals surface area contributed by atoms with Gasteiger partial charge in [0.15, 0.2) is 0 Å². The Hall–Kier alpha value is -1.89. The Morgan fingerprint density at radius 3 is 2.81 bits per heavy atom. The third-order valence-electron chi connectivity index (χ3n) is 3.55. The van der Waals surface area contributed by atoms with E-state index >= 15 is 0 Å². The second-order valence-electron chi connectivity index (χ2n) is 5.04. The van der Waals surface area contributed by atoms with E-state index in [-0.39, 0.29) is 11.5 Å². The second-order valence-corrected chi connectivity index (χ2v) is 5.04. The average molecular weight is 295 g/mol. The van der Waals surface area contributed by atoms with Crippen molar-refractivity contribution in [3.63, 3.8) is 0 Å². The van der Waals surface area contributed by atoms with Crippen LogP contribution in [0.4, 0.5) is 11.5 Å². The first-order valence-corrected chi connectivity index (χ1v) is 7.25. The van der Waals surface area contributed by atoms with Crippen molar-refractivity contribution >= 4 is 11.5 Å². The van der Waals surface area contributed by atoms with Crippen LogP contribution >= 0.6 is 0 Å². The van der Waals surface area contributed by atoms with Crippen LogP contribution in [0.5, 0.6) is 5.88 Å². The fourth-order valence-corrected chi connectivity index (χ4v) is 2.45. The van der Waals surface area contributed by atoms with Crippen molar-refractivity contribution in [1.29, 1.82) is 0 Å². The smallest absolute Gasteiger partial charge is 0.311 e. The molecule has 1 aromatic heterocycles. The number of rotatable bonds is 7. The van der Waals surface area contributed by atoms with Gasteiger partial charge < -0.3 is 14.8 Å². The topological polar surface area (TPSA) is 86.5 Å². The lowest BCUT2D eigenvalue weighted by atomic mass is 9.98. The summed E-state index contributed by atoms with van der Waals surface area (Å²) in [6.07, 6.45) is 6.28. The molecule has 0 radical (unpaired) electrons. The summed E-state index contributed by atoms with van der Waals surface area (Å²) >= 11 is 0. The van der Waals surface area contributed by atoms with Gasteiger partial charge >= 0.3 is 5.69 Å². The molecule has 0 aromatic carbocycles. The molecule has 116 valence electrons. The number of anilines is 1. The quantitative estimate of drug-likeness (QED) is 0.473. The highest BCUT2D eigenvalue weighted by atomic mass is 16.6. The number of hydrogen-bond acceptors (Lipinski definition) is 6. The lowest BCUT2D eigenvalue weighted by Gasteiger charge is -2.22. The molecule has 1 aliphatic carbocycles. The Kier molecular flexibility index (Phi) is 5.74. The van der Waals surface area contributed by atoms with Gasteiger partial charge in [-0.05, 0) is 12.8 Å². The highest BCUT2D eigenvalue weighted by Gasteiger charge is 2.17. The van der Waals surface area contributed by atoms with E-state index in [1.807, 2.05) is 0 Å². The van der Waals surface area contributed by atoms with Crippen LogP contribution in [0.3, 0.4) is 0 Å². The zero-order valence-corrected chi connectivity index (χ0v) is 12.2. The van der Waals surface area contributed by atoms with E-state index in [9.17, 15) is 10.1 Å². The van der Waals surface area contributed by atoms with Crippen LogP contribution in [0.2, 0.25) is 0 Å². The Morgan fingerprint density at radius 1 is 1.38 bits per heavy atom. The van der Waals surface area contributed by atoms with Gasteiger partial charge in [0.05, 0.1) is 24.7 Å². The molecule has 7 heteroatoms. The van der Waals surface area contributed by atoms with E-state index in [4.69, 9.17) is 9.47 Å². The van der Waals surface area contributed by atoms with Crippen LogP contribution in [-0.4, -0.2) is 36.3 Å². The molecule has 1 aliphatic rings. The van der Waals surface area contributed by atoms with Crippen molar-refractivity contribution in [2.45, 2.75) is 38.2 Å². The average Bonchev–Trinajstić information content (AvgIpc) is 2.52. The van der Waals surface area contributed by atoms with Crippen molar-refractivity contribution in [3.8, 4) is 5.88 Å². The number of ether oxygens (including phenoxy) is 2. The number of pyridine rings is 1. The molecule has 21 heavy (non-hydrogen) atoms. The molecule has 0 spiro atoms. The summed E-state index contributed by atoms with van der Waals surface area (Å²) in [5, 5.41) is 13.9. The molecule has 0 unspecified atom stereocenters. The van der Waals surface area contributed by atoms with Crippen molar-refractivity contribution in [2.24, 2.45) is 0 Å². The predicted molar refractivity (Wildman–Crippen MR) is 78.8 cm³/mol. The van der Waals surface area contributed by atoms with E-state index in [0.29, 0.717) is 25.1 Å². The van der Waals surface area contributed by atoms with Crippen LogP contribution in [0.25, 0.3) is 0 Å². The Morgan fingerprint density at radius 2 is 2.14 bits per heavy atom. The number of hydrogen-bond donors (Lipinski definition) is 1. The molecule has 2 rings (SSSR count). The molecule has 0 aliphatic heterocycles. The number of methoxy groups -OCH3 is 1. The van der Waals surface area contributed by atoms with E-state index in [1.54, 1.807) is 0 Å². The van der Waals surface area contributed by atoms with Crippen molar-refractivity contribution < 1.29 is 14.4 Å². The maximum atomic E-state index is 11.0. The lowest BCUT2D eigenvalue weighted by Crippen LogP contribution is -2.21. The Bertz CT molecular complexity index is 475. The number of nitrogens with zero attached hydrogens (tertiary/aromatic N) is 2. The van der Waals surface area contributed by atoms with Gasteiger partial charge in [0.1, 0.15) is 0 Å². The number of nitro groups is 1. The SMILES string of the molecule is COc1ccc([N+](=O)[O-])c(NCCOC2CCCCC2)n1. The maximum Gasteiger partial charge on any atom is 0.311 e. The summed E-state index contributed by atoms with van der Waals surface area (Å²) in [5.41, 5.74) is -0.0616. The number of aromatic nitrogens is 1. The number of nitrogens with one attached hydrogen (secondary N) is 1. The molecule has 0 bridgehead atoms. The van der Waals surface area contributed by atoms with Crippen molar-refractivity contribution in [1.82, 2.24) is 4.98 Å². The van der Waals surface area contributed by atoms with E-state index in [0.717, 1.165) is 12.8 Å². The van der Waals surface area contributed by atoms with Gasteiger partial charge in [-0.1, -0.05) is 19.3 Å². The van der Waals surface area contributed by atoms with Crippen LogP contribution in [-0.2, 0) is 4.74 Å². The molecule has 0 amide bonds. The van der Waals surface area contributed by atoms with Crippen LogP contribution in [0, 0.1) is 10.1 Å². The molecular formula is C14H21N3O4. The highest BCUT2D eigenvalue weighted by Crippen LogP contribution is 2.25. The molecule has 0 saturated heterocycles. The van der Waals surface area contributed by atoms with Crippen LogP contribution < -0.4 is 10.1 Å². The minimum absolute atomic E-state index is 0.0616. The van der Waals surface area contributed by atoms with Gasteiger partial charge in [-0.3, -0.25) is 10.1 Å². The Labute approximate surface area is 123 Å². The minimum Gasteiger partial charge on any atom is -0.481 e. The maximum absolute atomic E-state index is 11.0. The van der Waals surface area contributed by atoms with Gasteiger partial charge in [0.2, 0.25) is 11.7 Å². The largest absolute Gasteiger partial charge is 0.481 e. The van der Waals surface area contributed by atoms with Gasteiger partial charge in [-0.15, -0.1) is 0 Å². The van der Waals surface area contributed by atoms with Crippen molar-refractivity contribution in [3.05, 3.63) is 22.2 Å². The molecule has 1 aromatic rings. The van der Waals surface area contributed by atoms with E-state index in [2.05, 4.69) is 10.3 Å². The first-order valence-electron chi connectivity index (χ1n) is 7.25. The fourth-order valence-electron chi connectivity index (χ4n) is 2.45. The summed E-state index contributed by atoms with van der Waals surface area (Å²) in [4.78, 5) is 14.6. The van der Waals surface area contributed by atoms with Gasteiger partial charge in [0, 0.05) is 18.7 Å². The van der Waals surface area contributed by atoms with Crippen LogP contribution in [0.15, 0.2) is 12.1 Å². The molecule has 1 heterocycles. The minimum atomic E-state index is -0.462. The standard InChI is InChI=1S/C14H21N3O4/c1-20-13-8-7-12(17(18)19)14(16-13)15-9-10-21-11-5-3-2-4-6-11/h7-8,11H,2-6,9-10H2,1H3,(H,15,16). The normalized spacial score (nSPS) is 15.7. The third kappa shape index (κ3) is 4.56. The van der Waals surface area contributed by atoms with Gasteiger partial charge in [0.25, 0.3) is 0 Å². The zero-order chi connectivity index (χ0) is 15.1. The zero-order valence-electron chi connectivity index (χ0n) is 12.2. The summed E-state index contributed by atoms with van der Waals surface area (Å²) in [7, 11) is 1.48. The summed E-state index contributed by atoms with van der Waals surface area (Å²) < 4.78 is 10.8. The molecule has 1 fully saturated rings. The van der Waals surface area contributed by atoms with Crippen molar-refractivity contribution in [2.75, 3.05) is 25.6 Å². The predicted octanol–water partition coefficient (Wildman–Crippen LogP) is 2.76. The van der Waals surface area contributed by atoms with Gasteiger partial charge in [-0.2, -0.15) is 4.98 Å². The monoisotopic (exact) mass is 295 g/mol. The fraction of sp³-hybridized carbons (Fsp3) is 0.643.